The summed E-state index contributed by atoms with van der Waals surface area (Å²) < 4.78 is 1.97. The maximum absolute atomic E-state index is 11.9. The Morgan fingerprint density at radius 1 is 1.61 bits per heavy atom. The molecule has 0 spiro atoms. The zero-order valence-corrected chi connectivity index (χ0v) is 10.8. The molecule has 1 amide bonds. The highest BCUT2D eigenvalue weighted by atomic mass is 16.1. The fourth-order valence-electron chi connectivity index (χ4n) is 2.41. The van der Waals surface area contributed by atoms with Crippen LogP contribution in [0.25, 0.3) is 0 Å². The summed E-state index contributed by atoms with van der Waals surface area (Å²) in [6, 6.07) is 0.185. The lowest BCUT2D eigenvalue weighted by atomic mass is 10.1. The van der Waals surface area contributed by atoms with Gasteiger partial charge in [-0.25, -0.2) is 0 Å². The number of nitrogens with one attached hydrogen (secondary N) is 1. The zero-order chi connectivity index (χ0) is 13.0. The monoisotopic (exact) mass is 251 g/mol. The number of amides is 1. The number of carbonyl (C=O) groups is 1. The fourth-order valence-corrected chi connectivity index (χ4v) is 2.41. The molecular formula is C12H21N5O. The molecule has 0 bridgehead atoms. The third kappa shape index (κ3) is 3.07. The lowest BCUT2D eigenvalue weighted by Gasteiger charge is -2.11. The Balaban J connectivity index is 1.83. The van der Waals surface area contributed by atoms with Crippen molar-refractivity contribution in [3.05, 3.63) is 12.2 Å². The Labute approximate surface area is 107 Å². The van der Waals surface area contributed by atoms with Crippen LogP contribution in [0.15, 0.2) is 6.33 Å². The number of rotatable bonds is 5. The van der Waals surface area contributed by atoms with Gasteiger partial charge in [-0.2, -0.15) is 0 Å². The molecule has 1 aliphatic rings. The molecule has 100 valence electrons. The standard InChI is InChI=1S/C12H21N5O/c1-2-5-17-8-15-16-11(17)7-14-12(18)9-3-4-10(13)6-9/h8-10H,2-7,13H2,1H3,(H,14,18). The van der Waals surface area contributed by atoms with Gasteiger partial charge in [-0.1, -0.05) is 6.92 Å². The number of nitrogens with two attached hydrogens (primary N) is 1. The first-order valence-corrected chi connectivity index (χ1v) is 6.60. The quantitative estimate of drug-likeness (QED) is 0.794. The van der Waals surface area contributed by atoms with Crippen molar-refractivity contribution in [3.8, 4) is 0 Å². The van der Waals surface area contributed by atoms with Crippen LogP contribution in [0.3, 0.4) is 0 Å². The summed E-state index contributed by atoms with van der Waals surface area (Å²) in [6.45, 7) is 3.43. The van der Waals surface area contributed by atoms with Gasteiger partial charge in [-0.3, -0.25) is 4.79 Å². The van der Waals surface area contributed by atoms with Gasteiger partial charge in [-0.15, -0.1) is 10.2 Å². The maximum Gasteiger partial charge on any atom is 0.223 e. The van der Waals surface area contributed by atoms with Gasteiger partial charge < -0.3 is 15.6 Å². The third-order valence-electron chi connectivity index (χ3n) is 3.42. The third-order valence-corrected chi connectivity index (χ3v) is 3.42. The van der Waals surface area contributed by atoms with E-state index in [1.54, 1.807) is 6.33 Å². The van der Waals surface area contributed by atoms with Crippen molar-refractivity contribution < 1.29 is 4.79 Å². The molecule has 6 nitrogen and oxygen atoms in total. The number of hydrogen-bond donors (Lipinski definition) is 2. The molecule has 0 aromatic carbocycles. The van der Waals surface area contributed by atoms with E-state index in [9.17, 15) is 4.79 Å². The second kappa shape index (κ2) is 5.95. The van der Waals surface area contributed by atoms with Crippen LogP contribution in [0, 0.1) is 5.92 Å². The molecule has 0 aliphatic heterocycles. The number of aryl methyl sites for hydroxylation is 1. The van der Waals surface area contributed by atoms with E-state index in [-0.39, 0.29) is 17.9 Å². The zero-order valence-electron chi connectivity index (χ0n) is 10.8. The van der Waals surface area contributed by atoms with E-state index in [0.29, 0.717) is 6.54 Å². The SMILES string of the molecule is CCCn1cnnc1CNC(=O)C1CCC(N)C1. The summed E-state index contributed by atoms with van der Waals surface area (Å²) in [4.78, 5) is 11.9. The average Bonchev–Trinajstić information content (AvgIpc) is 2.96. The van der Waals surface area contributed by atoms with Gasteiger partial charge in [0.25, 0.3) is 0 Å². The Bertz CT molecular complexity index is 403. The molecule has 3 N–H and O–H groups in total. The largest absolute Gasteiger partial charge is 0.349 e. The lowest BCUT2D eigenvalue weighted by molar-refractivity contribution is -0.125. The molecule has 0 saturated heterocycles. The first-order valence-electron chi connectivity index (χ1n) is 6.60. The van der Waals surface area contributed by atoms with Crippen molar-refractivity contribution in [1.29, 1.82) is 0 Å². The molecule has 2 unspecified atom stereocenters. The summed E-state index contributed by atoms with van der Waals surface area (Å²) in [5.74, 6) is 0.976. The number of hydrogen-bond acceptors (Lipinski definition) is 4. The second-order valence-electron chi connectivity index (χ2n) is 4.93. The molecule has 1 saturated carbocycles. The van der Waals surface area contributed by atoms with Crippen LogP contribution in [0.5, 0.6) is 0 Å². The van der Waals surface area contributed by atoms with Gasteiger partial charge >= 0.3 is 0 Å². The highest BCUT2D eigenvalue weighted by molar-refractivity contribution is 5.78. The molecular weight excluding hydrogens is 230 g/mol. The van der Waals surface area contributed by atoms with Crippen LogP contribution in [-0.2, 0) is 17.9 Å². The fraction of sp³-hybridized carbons (Fsp3) is 0.750. The molecule has 1 aromatic heterocycles. The van der Waals surface area contributed by atoms with E-state index < -0.39 is 0 Å². The Hall–Kier alpha value is -1.43. The molecule has 2 atom stereocenters. The molecule has 6 heteroatoms. The Morgan fingerprint density at radius 3 is 3.11 bits per heavy atom. The van der Waals surface area contributed by atoms with Crippen molar-refractivity contribution in [3.63, 3.8) is 0 Å². The van der Waals surface area contributed by atoms with Gasteiger partial charge in [0.15, 0.2) is 5.82 Å². The predicted octanol–water partition coefficient (Wildman–Crippen LogP) is 0.432. The lowest BCUT2D eigenvalue weighted by Crippen LogP contribution is -2.31. The summed E-state index contributed by atoms with van der Waals surface area (Å²) in [5, 5.41) is 10.8. The van der Waals surface area contributed by atoms with Crippen molar-refractivity contribution in [2.24, 2.45) is 11.7 Å². The summed E-state index contributed by atoms with van der Waals surface area (Å²) in [6.07, 6.45) is 5.37. The summed E-state index contributed by atoms with van der Waals surface area (Å²) in [7, 11) is 0. The van der Waals surface area contributed by atoms with E-state index >= 15 is 0 Å². The first-order chi connectivity index (χ1) is 8.70. The van der Waals surface area contributed by atoms with Crippen LogP contribution in [0.2, 0.25) is 0 Å². The maximum atomic E-state index is 11.9. The minimum Gasteiger partial charge on any atom is -0.349 e. The van der Waals surface area contributed by atoms with E-state index in [2.05, 4.69) is 22.4 Å². The van der Waals surface area contributed by atoms with E-state index in [1.807, 2.05) is 4.57 Å². The van der Waals surface area contributed by atoms with Gasteiger partial charge in [0.2, 0.25) is 5.91 Å². The number of aromatic nitrogens is 3. The normalized spacial score (nSPS) is 23.2. The summed E-state index contributed by atoms with van der Waals surface area (Å²) in [5.41, 5.74) is 5.81. The van der Waals surface area contributed by atoms with Crippen LogP contribution in [0.4, 0.5) is 0 Å². The topological polar surface area (TPSA) is 85.8 Å². The first kappa shape index (κ1) is 13.0. The molecule has 18 heavy (non-hydrogen) atoms. The van der Waals surface area contributed by atoms with Crippen LogP contribution in [-0.4, -0.2) is 26.7 Å². The number of carbonyl (C=O) groups excluding carboxylic acids is 1. The van der Waals surface area contributed by atoms with Gasteiger partial charge in [0.05, 0.1) is 6.54 Å². The van der Waals surface area contributed by atoms with Crippen LogP contribution >= 0.6 is 0 Å². The Morgan fingerprint density at radius 2 is 2.44 bits per heavy atom. The predicted molar refractivity (Wildman–Crippen MR) is 67.5 cm³/mol. The Kier molecular flexibility index (Phi) is 4.30. The van der Waals surface area contributed by atoms with Gasteiger partial charge in [0, 0.05) is 18.5 Å². The molecule has 0 radical (unpaired) electrons. The molecule has 2 rings (SSSR count). The van der Waals surface area contributed by atoms with E-state index in [1.165, 1.54) is 0 Å². The minimum atomic E-state index is 0.0718. The van der Waals surface area contributed by atoms with Crippen LogP contribution in [0.1, 0.15) is 38.4 Å². The van der Waals surface area contributed by atoms with Gasteiger partial charge in [0.1, 0.15) is 6.33 Å². The highest BCUT2D eigenvalue weighted by Crippen LogP contribution is 2.24. The minimum absolute atomic E-state index is 0.0718. The summed E-state index contributed by atoms with van der Waals surface area (Å²) >= 11 is 0. The molecule has 1 fully saturated rings. The van der Waals surface area contributed by atoms with Crippen molar-refractivity contribution in [2.45, 2.75) is 51.7 Å². The molecule has 1 aliphatic carbocycles. The highest BCUT2D eigenvalue weighted by Gasteiger charge is 2.27. The van der Waals surface area contributed by atoms with E-state index in [0.717, 1.165) is 38.1 Å². The van der Waals surface area contributed by atoms with Crippen LogP contribution < -0.4 is 11.1 Å². The second-order valence-corrected chi connectivity index (χ2v) is 4.93. The number of nitrogens with zero attached hydrogens (tertiary/aromatic N) is 3. The molecule has 1 aromatic rings. The molecule has 1 heterocycles. The van der Waals surface area contributed by atoms with Crippen molar-refractivity contribution in [1.82, 2.24) is 20.1 Å². The smallest absolute Gasteiger partial charge is 0.223 e. The van der Waals surface area contributed by atoms with Crippen molar-refractivity contribution >= 4 is 5.91 Å². The average molecular weight is 251 g/mol. The van der Waals surface area contributed by atoms with Crippen molar-refractivity contribution in [2.75, 3.05) is 0 Å². The van der Waals surface area contributed by atoms with Gasteiger partial charge in [-0.05, 0) is 25.7 Å². The van der Waals surface area contributed by atoms with E-state index in [4.69, 9.17) is 5.73 Å².